The van der Waals surface area contributed by atoms with Crippen LogP contribution in [0.15, 0.2) is 24.3 Å². The van der Waals surface area contributed by atoms with Gasteiger partial charge in [-0.1, -0.05) is 0 Å². The van der Waals surface area contributed by atoms with Crippen LogP contribution in [0.25, 0.3) is 0 Å². The molecule has 100 valence electrons. The highest BCUT2D eigenvalue weighted by atomic mass is 19.4. The molecule has 18 heavy (non-hydrogen) atoms. The van der Waals surface area contributed by atoms with Gasteiger partial charge in [-0.05, 0) is 38.1 Å². The fourth-order valence-electron chi connectivity index (χ4n) is 2.40. The van der Waals surface area contributed by atoms with Gasteiger partial charge in [-0.15, -0.1) is 0 Å². The Morgan fingerprint density at radius 3 is 2.00 bits per heavy atom. The highest BCUT2D eigenvalue weighted by Gasteiger charge is 2.30. The fraction of sp³-hybridized carbons (Fsp3) is 0.538. The minimum Gasteiger partial charge on any atom is -0.368 e. The third kappa shape index (κ3) is 2.96. The van der Waals surface area contributed by atoms with Crippen LogP contribution in [0.5, 0.6) is 0 Å². The Hall–Kier alpha value is -1.23. The molecule has 0 spiro atoms. The van der Waals surface area contributed by atoms with Crippen molar-refractivity contribution in [3.05, 3.63) is 29.8 Å². The van der Waals surface area contributed by atoms with E-state index in [0.717, 1.165) is 30.9 Å². The second kappa shape index (κ2) is 4.80. The zero-order chi connectivity index (χ0) is 13.3. The van der Waals surface area contributed by atoms with Crippen LogP contribution >= 0.6 is 0 Å². The molecule has 0 radical (unpaired) electrons. The molecule has 2 rings (SSSR count). The number of nitrogens with zero attached hydrogens (tertiary/aromatic N) is 1. The summed E-state index contributed by atoms with van der Waals surface area (Å²) in [5.74, 6) is 0. The van der Waals surface area contributed by atoms with E-state index in [1.54, 1.807) is 12.1 Å². The maximum absolute atomic E-state index is 12.5. The van der Waals surface area contributed by atoms with Gasteiger partial charge in [0, 0.05) is 30.9 Å². The average molecular weight is 258 g/mol. The van der Waals surface area contributed by atoms with Gasteiger partial charge in [0.05, 0.1) is 5.56 Å². The van der Waals surface area contributed by atoms with Gasteiger partial charge in [-0.25, -0.2) is 0 Å². The minimum atomic E-state index is -4.26. The van der Waals surface area contributed by atoms with Crippen LogP contribution in [0.3, 0.4) is 0 Å². The maximum atomic E-state index is 12.5. The van der Waals surface area contributed by atoms with E-state index >= 15 is 0 Å². The van der Waals surface area contributed by atoms with E-state index in [9.17, 15) is 13.2 Å². The van der Waals surface area contributed by atoms with Crippen molar-refractivity contribution in [2.45, 2.75) is 32.1 Å². The average Bonchev–Trinajstić information content (AvgIpc) is 2.27. The molecule has 1 aliphatic rings. The van der Waals surface area contributed by atoms with Gasteiger partial charge in [0.1, 0.15) is 0 Å². The van der Waals surface area contributed by atoms with Crippen LogP contribution in [0.2, 0.25) is 0 Å². The summed E-state index contributed by atoms with van der Waals surface area (Å²) in [7, 11) is 0. The Kier molecular flexibility index (Phi) is 3.52. The standard InChI is InChI=1S/C13H17F3N2/c1-9-7-18(8-10(2)17-9)12-5-3-11(4-6-12)13(14,15)16/h3-6,9-10,17H,7-8H2,1-2H3. The van der Waals surface area contributed by atoms with Crippen molar-refractivity contribution >= 4 is 5.69 Å². The molecule has 2 atom stereocenters. The number of piperazine rings is 1. The third-order valence-electron chi connectivity index (χ3n) is 3.12. The summed E-state index contributed by atoms with van der Waals surface area (Å²) >= 11 is 0. The minimum absolute atomic E-state index is 0.344. The summed E-state index contributed by atoms with van der Waals surface area (Å²) in [5, 5.41) is 3.39. The van der Waals surface area contributed by atoms with E-state index in [1.807, 2.05) is 0 Å². The van der Waals surface area contributed by atoms with Crippen LogP contribution in [0.4, 0.5) is 18.9 Å². The smallest absolute Gasteiger partial charge is 0.368 e. The third-order valence-corrected chi connectivity index (χ3v) is 3.12. The lowest BCUT2D eigenvalue weighted by atomic mass is 10.1. The molecule has 0 saturated carbocycles. The number of hydrogen-bond donors (Lipinski definition) is 1. The predicted molar refractivity (Wildman–Crippen MR) is 65.7 cm³/mol. The summed E-state index contributed by atoms with van der Waals surface area (Å²) in [4.78, 5) is 2.12. The topological polar surface area (TPSA) is 15.3 Å². The lowest BCUT2D eigenvalue weighted by molar-refractivity contribution is -0.137. The highest BCUT2D eigenvalue weighted by molar-refractivity contribution is 5.49. The van der Waals surface area contributed by atoms with Crippen LogP contribution in [0, 0.1) is 0 Å². The molecule has 0 amide bonds. The molecule has 2 unspecified atom stereocenters. The van der Waals surface area contributed by atoms with E-state index in [2.05, 4.69) is 24.1 Å². The van der Waals surface area contributed by atoms with E-state index in [4.69, 9.17) is 0 Å². The maximum Gasteiger partial charge on any atom is 0.416 e. The molecule has 1 fully saturated rings. The molecule has 1 aliphatic heterocycles. The van der Waals surface area contributed by atoms with Crippen LogP contribution in [0.1, 0.15) is 19.4 Å². The Labute approximate surface area is 105 Å². The quantitative estimate of drug-likeness (QED) is 0.833. The zero-order valence-corrected chi connectivity index (χ0v) is 10.5. The van der Waals surface area contributed by atoms with Gasteiger partial charge < -0.3 is 10.2 Å². The predicted octanol–water partition coefficient (Wildman–Crippen LogP) is 2.89. The molecular weight excluding hydrogens is 241 g/mol. The number of rotatable bonds is 1. The van der Waals surface area contributed by atoms with Crippen molar-refractivity contribution in [2.24, 2.45) is 0 Å². The van der Waals surface area contributed by atoms with Crippen molar-refractivity contribution in [1.82, 2.24) is 5.32 Å². The van der Waals surface area contributed by atoms with Crippen molar-refractivity contribution in [1.29, 1.82) is 0 Å². The SMILES string of the molecule is CC1CN(c2ccc(C(F)(F)F)cc2)CC(C)N1. The lowest BCUT2D eigenvalue weighted by Crippen LogP contribution is -2.54. The van der Waals surface area contributed by atoms with Crippen LogP contribution in [-0.2, 0) is 6.18 Å². The normalized spacial score (nSPS) is 25.3. The summed E-state index contributed by atoms with van der Waals surface area (Å²) in [6.07, 6.45) is -4.26. The van der Waals surface area contributed by atoms with Gasteiger partial charge >= 0.3 is 6.18 Å². The summed E-state index contributed by atoms with van der Waals surface area (Å²) in [6.45, 7) is 5.78. The second-order valence-corrected chi connectivity index (χ2v) is 4.92. The number of halogens is 3. The Balaban J connectivity index is 2.14. The van der Waals surface area contributed by atoms with Crippen molar-refractivity contribution in [3.63, 3.8) is 0 Å². The Bertz CT molecular complexity index is 390. The highest BCUT2D eigenvalue weighted by Crippen LogP contribution is 2.30. The second-order valence-electron chi connectivity index (χ2n) is 4.92. The number of hydrogen-bond acceptors (Lipinski definition) is 2. The van der Waals surface area contributed by atoms with E-state index in [0.29, 0.717) is 12.1 Å². The van der Waals surface area contributed by atoms with Gasteiger partial charge in [0.25, 0.3) is 0 Å². The first-order valence-corrected chi connectivity index (χ1v) is 6.04. The zero-order valence-electron chi connectivity index (χ0n) is 10.5. The molecule has 1 heterocycles. The molecular formula is C13H17F3N2. The molecule has 2 nitrogen and oxygen atoms in total. The van der Waals surface area contributed by atoms with Crippen LogP contribution in [-0.4, -0.2) is 25.2 Å². The monoisotopic (exact) mass is 258 g/mol. The van der Waals surface area contributed by atoms with Crippen molar-refractivity contribution in [3.8, 4) is 0 Å². The largest absolute Gasteiger partial charge is 0.416 e. The number of benzene rings is 1. The summed E-state index contributed by atoms with van der Waals surface area (Å²) in [5.41, 5.74) is 0.255. The van der Waals surface area contributed by atoms with Crippen LogP contribution < -0.4 is 10.2 Å². The van der Waals surface area contributed by atoms with E-state index in [-0.39, 0.29) is 0 Å². The van der Waals surface area contributed by atoms with Gasteiger partial charge in [0.15, 0.2) is 0 Å². The molecule has 0 aliphatic carbocycles. The Morgan fingerprint density at radius 2 is 1.56 bits per heavy atom. The van der Waals surface area contributed by atoms with Crippen molar-refractivity contribution < 1.29 is 13.2 Å². The lowest BCUT2D eigenvalue weighted by Gasteiger charge is -2.37. The summed E-state index contributed by atoms with van der Waals surface area (Å²) < 4.78 is 37.4. The first kappa shape index (κ1) is 13.2. The van der Waals surface area contributed by atoms with E-state index in [1.165, 1.54) is 0 Å². The van der Waals surface area contributed by atoms with E-state index < -0.39 is 11.7 Å². The fourth-order valence-corrected chi connectivity index (χ4v) is 2.40. The molecule has 1 N–H and O–H groups in total. The number of alkyl halides is 3. The molecule has 5 heteroatoms. The molecule has 0 aromatic heterocycles. The molecule has 0 bridgehead atoms. The van der Waals surface area contributed by atoms with Gasteiger partial charge in [-0.3, -0.25) is 0 Å². The number of nitrogens with one attached hydrogen (secondary N) is 1. The van der Waals surface area contributed by atoms with Gasteiger partial charge in [0.2, 0.25) is 0 Å². The molecule has 1 aromatic rings. The molecule has 1 aromatic carbocycles. The first-order valence-electron chi connectivity index (χ1n) is 6.04. The van der Waals surface area contributed by atoms with Gasteiger partial charge in [-0.2, -0.15) is 13.2 Å². The molecule has 1 saturated heterocycles. The van der Waals surface area contributed by atoms with Crippen molar-refractivity contribution in [2.75, 3.05) is 18.0 Å². The summed E-state index contributed by atoms with van der Waals surface area (Å²) in [6, 6.07) is 6.08. The number of anilines is 1. The Morgan fingerprint density at radius 1 is 1.06 bits per heavy atom. The first-order chi connectivity index (χ1) is 8.36.